The van der Waals surface area contributed by atoms with E-state index in [0.29, 0.717) is 22.4 Å². The third kappa shape index (κ3) is 6.04. The average molecular weight is 583 g/mol. The number of rotatable bonds is 5. The highest BCUT2D eigenvalue weighted by atomic mass is 32.2. The maximum Gasteiger partial charge on any atom is 0.451 e. The lowest BCUT2D eigenvalue weighted by Crippen LogP contribution is -2.49. The number of hydrogen-bond donors (Lipinski definition) is 0. The van der Waals surface area contributed by atoms with Crippen molar-refractivity contribution >= 4 is 21.6 Å². The van der Waals surface area contributed by atoms with Crippen LogP contribution in [-0.4, -0.2) is 71.6 Å². The number of alkyl halides is 3. The van der Waals surface area contributed by atoms with Crippen LogP contribution in [0, 0.1) is 6.92 Å². The largest absolute Gasteiger partial charge is 0.451 e. The molecule has 3 heterocycles. The van der Waals surface area contributed by atoms with E-state index in [9.17, 15) is 26.4 Å². The van der Waals surface area contributed by atoms with E-state index in [1.54, 1.807) is 47.1 Å². The molecule has 5 rings (SSSR count). The molecule has 1 fully saturated rings. The molecule has 0 aliphatic carbocycles. The van der Waals surface area contributed by atoms with Crippen LogP contribution in [0.4, 0.5) is 19.0 Å². The van der Waals surface area contributed by atoms with E-state index in [1.165, 1.54) is 36.7 Å². The summed E-state index contributed by atoms with van der Waals surface area (Å²) < 4.78 is 66.2. The number of carbonyl (C=O) groups excluding carboxylic acids is 1. The Balaban J connectivity index is 1.58. The molecule has 212 valence electrons. The zero-order valence-corrected chi connectivity index (χ0v) is 22.9. The third-order valence-corrected chi connectivity index (χ3v) is 7.76. The molecule has 0 radical (unpaired) electrons. The number of aromatic nitrogens is 4. The van der Waals surface area contributed by atoms with Crippen molar-refractivity contribution in [2.45, 2.75) is 18.0 Å². The molecule has 0 N–H and O–H groups in total. The molecule has 0 saturated carbocycles. The molecule has 0 atom stereocenters. The first-order valence-corrected chi connectivity index (χ1v) is 14.5. The van der Waals surface area contributed by atoms with Crippen molar-refractivity contribution in [3.63, 3.8) is 0 Å². The van der Waals surface area contributed by atoms with E-state index >= 15 is 0 Å². The summed E-state index contributed by atoms with van der Waals surface area (Å²) in [6.45, 7) is 2.64. The van der Waals surface area contributed by atoms with Crippen LogP contribution in [0.2, 0.25) is 0 Å². The Hall–Kier alpha value is -4.39. The van der Waals surface area contributed by atoms with Gasteiger partial charge in [0.1, 0.15) is 11.5 Å². The predicted molar refractivity (Wildman–Crippen MR) is 146 cm³/mol. The van der Waals surface area contributed by atoms with Crippen molar-refractivity contribution in [2.75, 3.05) is 37.3 Å². The van der Waals surface area contributed by atoms with Gasteiger partial charge in [0.25, 0.3) is 5.91 Å². The molecule has 2 aromatic heterocycles. The fourth-order valence-electron chi connectivity index (χ4n) is 4.53. The van der Waals surface area contributed by atoms with Gasteiger partial charge < -0.3 is 9.80 Å². The highest BCUT2D eigenvalue weighted by molar-refractivity contribution is 7.90. The lowest BCUT2D eigenvalue weighted by molar-refractivity contribution is -0.144. The Kier molecular flexibility index (Phi) is 7.47. The smallest absolute Gasteiger partial charge is 0.352 e. The molecule has 0 bridgehead atoms. The van der Waals surface area contributed by atoms with Crippen LogP contribution in [0.3, 0.4) is 0 Å². The van der Waals surface area contributed by atoms with Crippen LogP contribution in [-0.2, 0) is 16.0 Å². The van der Waals surface area contributed by atoms with Gasteiger partial charge >= 0.3 is 6.18 Å². The zero-order chi connectivity index (χ0) is 29.4. The number of anilines is 1. The van der Waals surface area contributed by atoms with Gasteiger partial charge in [0.05, 0.1) is 28.0 Å². The number of aryl methyl sites for hydroxylation is 1. The highest BCUT2D eigenvalue weighted by Gasteiger charge is 2.38. The van der Waals surface area contributed by atoms with Crippen molar-refractivity contribution in [1.29, 1.82) is 0 Å². The summed E-state index contributed by atoms with van der Waals surface area (Å²) in [6.07, 6.45) is -0.886. The van der Waals surface area contributed by atoms with Gasteiger partial charge in [0, 0.05) is 44.2 Å². The number of piperazine rings is 1. The second-order valence-electron chi connectivity index (χ2n) is 9.58. The Morgan fingerprint density at radius 3 is 2.07 bits per heavy atom. The molecule has 9 nitrogen and oxygen atoms in total. The van der Waals surface area contributed by atoms with Crippen molar-refractivity contribution in [1.82, 2.24) is 24.8 Å². The molecule has 1 amide bonds. The predicted octanol–water partition coefficient (Wildman–Crippen LogP) is 4.29. The summed E-state index contributed by atoms with van der Waals surface area (Å²) in [4.78, 5) is 32.5. The molecule has 0 spiro atoms. The Morgan fingerprint density at radius 2 is 1.51 bits per heavy atom. The molecule has 1 aliphatic heterocycles. The summed E-state index contributed by atoms with van der Waals surface area (Å²) in [5.41, 5.74) is 2.14. The standard InChI is InChI=1S/C28H25F3N6O3S/c1-18-16-33-22(17-32-18)26(38)37-14-12-36(13-15-37)25-23(19-6-4-3-5-7-19)24(34-27(35-25)28(29,30)31)20-8-10-21(11-9-20)41(2,39)40/h3-11,16-17H,12-15H2,1-2H3. The molecule has 1 aliphatic rings. The van der Waals surface area contributed by atoms with E-state index < -0.39 is 21.8 Å². The van der Waals surface area contributed by atoms with Crippen LogP contribution < -0.4 is 4.90 Å². The monoisotopic (exact) mass is 582 g/mol. The molecule has 4 aromatic rings. The van der Waals surface area contributed by atoms with Crippen molar-refractivity contribution < 1.29 is 26.4 Å². The average Bonchev–Trinajstić information content (AvgIpc) is 2.96. The number of nitrogens with zero attached hydrogens (tertiary/aromatic N) is 6. The molecule has 13 heteroatoms. The fraction of sp³-hybridized carbons (Fsp3) is 0.250. The molecule has 1 saturated heterocycles. The number of halogens is 3. The summed E-state index contributed by atoms with van der Waals surface area (Å²) in [5, 5.41) is 0. The number of sulfone groups is 1. The Labute approximate surface area is 234 Å². The molecular formula is C28H25F3N6O3S. The SMILES string of the molecule is Cc1cnc(C(=O)N2CCN(c3nc(C(F)(F)F)nc(-c4ccc(S(C)(=O)=O)cc4)c3-c3ccccc3)CC2)cn1. The maximum atomic E-state index is 14.1. The topological polar surface area (TPSA) is 109 Å². The van der Waals surface area contributed by atoms with Crippen LogP contribution in [0.1, 0.15) is 22.0 Å². The zero-order valence-electron chi connectivity index (χ0n) is 22.1. The van der Waals surface area contributed by atoms with E-state index in [0.717, 1.165) is 6.26 Å². The summed E-state index contributed by atoms with van der Waals surface area (Å²) in [6, 6.07) is 14.4. The lowest BCUT2D eigenvalue weighted by atomic mass is 9.98. The van der Waals surface area contributed by atoms with Crippen LogP contribution in [0.15, 0.2) is 71.9 Å². The van der Waals surface area contributed by atoms with E-state index in [1.807, 2.05) is 0 Å². The van der Waals surface area contributed by atoms with Gasteiger partial charge in [-0.3, -0.25) is 9.78 Å². The maximum absolute atomic E-state index is 14.1. The normalized spacial score (nSPS) is 14.3. The Morgan fingerprint density at radius 1 is 0.854 bits per heavy atom. The highest BCUT2D eigenvalue weighted by Crippen LogP contribution is 2.40. The second kappa shape index (κ2) is 10.9. The number of benzene rings is 2. The quantitative estimate of drug-likeness (QED) is 0.343. The minimum absolute atomic E-state index is 0.0158. The molecule has 0 unspecified atom stereocenters. The van der Waals surface area contributed by atoms with Gasteiger partial charge in [-0.1, -0.05) is 42.5 Å². The van der Waals surface area contributed by atoms with Crippen molar-refractivity contribution in [3.05, 3.63) is 84.2 Å². The first kappa shape index (κ1) is 28.1. The van der Waals surface area contributed by atoms with E-state index in [2.05, 4.69) is 19.9 Å². The van der Waals surface area contributed by atoms with Crippen LogP contribution >= 0.6 is 0 Å². The fourth-order valence-corrected chi connectivity index (χ4v) is 5.16. The van der Waals surface area contributed by atoms with Gasteiger partial charge in [-0.25, -0.2) is 23.4 Å². The molecular weight excluding hydrogens is 557 g/mol. The molecule has 41 heavy (non-hydrogen) atoms. The second-order valence-corrected chi connectivity index (χ2v) is 11.6. The van der Waals surface area contributed by atoms with Gasteiger partial charge in [-0.15, -0.1) is 0 Å². The van der Waals surface area contributed by atoms with Crippen LogP contribution in [0.25, 0.3) is 22.4 Å². The van der Waals surface area contributed by atoms with Crippen molar-refractivity contribution in [2.24, 2.45) is 0 Å². The number of amides is 1. The minimum Gasteiger partial charge on any atom is -0.352 e. The third-order valence-electron chi connectivity index (χ3n) is 6.63. The van der Waals surface area contributed by atoms with Gasteiger partial charge in [0.15, 0.2) is 9.84 Å². The summed E-state index contributed by atoms with van der Waals surface area (Å²) in [5.74, 6) is -1.56. The van der Waals surface area contributed by atoms with E-state index in [4.69, 9.17) is 0 Å². The Bertz CT molecular complexity index is 1670. The molecule has 2 aromatic carbocycles. The van der Waals surface area contributed by atoms with Crippen LogP contribution in [0.5, 0.6) is 0 Å². The van der Waals surface area contributed by atoms with E-state index in [-0.39, 0.29) is 54.2 Å². The number of carbonyl (C=O) groups is 1. The van der Waals surface area contributed by atoms with Gasteiger partial charge in [-0.05, 0) is 24.6 Å². The summed E-state index contributed by atoms with van der Waals surface area (Å²) >= 11 is 0. The lowest BCUT2D eigenvalue weighted by Gasteiger charge is -2.36. The van der Waals surface area contributed by atoms with Gasteiger partial charge in [0.2, 0.25) is 5.82 Å². The van der Waals surface area contributed by atoms with Gasteiger partial charge in [-0.2, -0.15) is 13.2 Å². The first-order valence-electron chi connectivity index (χ1n) is 12.6. The number of hydrogen-bond acceptors (Lipinski definition) is 8. The first-order chi connectivity index (χ1) is 19.4. The van der Waals surface area contributed by atoms with Crippen molar-refractivity contribution in [3.8, 4) is 22.4 Å². The minimum atomic E-state index is -4.84. The summed E-state index contributed by atoms with van der Waals surface area (Å²) in [7, 11) is -3.52.